The lowest BCUT2D eigenvalue weighted by atomic mass is 9.92. The van der Waals surface area contributed by atoms with Crippen LogP contribution in [0, 0.1) is 6.92 Å². The number of methoxy groups -OCH3 is 2. The molecule has 0 amide bonds. The van der Waals surface area contributed by atoms with Crippen LogP contribution in [0.25, 0.3) is 21.2 Å². The van der Waals surface area contributed by atoms with Gasteiger partial charge in [0.25, 0.3) is 0 Å². The molecule has 0 saturated carbocycles. The molecule has 25 heavy (non-hydrogen) atoms. The second-order valence-electron chi connectivity index (χ2n) is 5.49. The van der Waals surface area contributed by atoms with Crippen LogP contribution < -0.4 is 0 Å². The van der Waals surface area contributed by atoms with Crippen LogP contribution in [0.1, 0.15) is 26.3 Å². The van der Waals surface area contributed by atoms with Crippen molar-refractivity contribution in [1.29, 1.82) is 0 Å². The van der Waals surface area contributed by atoms with E-state index in [0.717, 1.165) is 11.1 Å². The van der Waals surface area contributed by atoms with Crippen LogP contribution in [-0.2, 0) is 9.47 Å². The maximum absolute atomic E-state index is 12.5. The summed E-state index contributed by atoms with van der Waals surface area (Å²) in [5.74, 6) is -1.78. The highest BCUT2D eigenvalue weighted by Crippen LogP contribution is 2.44. The van der Waals surface area contributed by atoms with Gasteiger partial charge in [0, 0.05) is 15.6 Å². The Morgan fingerprint density at radius 1 is 0.960 bits per heavy atom. The molecule has 0 spiro atoms. The predicted octanol–water partition coefficient (Wildman–Crippen LogP) is 4.16. The normalized spacial score (nSPS) is 10.7. The lowest BCUT2D eigenvalue weighted by Gasteiger charge is -2.16. The smallest absolute Gasteiger partial charge is 0.342 e. The highest BCUT2D eigenvalue weighted by atomic mass is 32.1. The van der Waals surface area contributed by atoms with Gasteiger partial charge in [0.2, 0.25) is 0 Å². The minimum atomic E-state index is -0.792. The second kappa shape index (κ2) is 6.57. The molecule has 0 aliphatic rings. The highest BCUT2D eigenvalue weighted by Gasteiger charge is 2.30. The Labute approximate surface area is 148 Å². The zero-order valence-corrected chi connectivity index (χ0v) is 14.8. The second-order valence-corrected chi connectivity index (χ2v) is 6.40. The third kappa shape index (κ3) is 2.74. The molecule has 1 N–H and O–H groups in total. The van der Waals surface area contributed by atoms with E-state index in [1.54, 1.807) is 11.4 Å². The van der Waals surface area contributed by atoms with Gasteiger partial charge >= 0.3 is 11.9 Å². The Morgan fingerprint density at radius 3 is 2.16 bits per heavy atom. The summed E-state index contributed by atoms with van der Waals surface area (Å²) >= 11 is 1.38. The molecule has 5 nitrogen and oxygen atoms in total. The highest BCUT2D eigenvalue weighted by molar-refractivity contribution is 7.18. The summed E-state index contributed by atoms with van der Waals surface area (Å²) in [6, 6.07) is 9.28. The molecule has 0 fully saturated rings. The predicted molar refractivity (Wildman–Crippen MR) is 96.3 cm³/mol. The fourth-order valence-corrected chi connectivity index (χ4v) is 3.75. The van der Waals surface area contributed by atoms with Gasteiger partial charge in [-0.2, -0.15) is 0 Å². The van der Waals surface area contributed by atoms with Crippen molar-refractivity contribution in [1.82, 2.24) is 0 Å². The first-order valence-corrected chi connectivity index (χ1v) is 8.37. The molecule has 0 saturated heterocycles. The number of esters is 2. The SMILES string of the molecule is COC(=O)c1c(C(=O)OC)c(-c2ccc(C)cc2)c2sccc2c1O. The molecule has 2 aromatic carbocycles. The summed E-state index contributed by atoms with van der Waals surface area (Å²) in [6.07, 6.45) is 0. The standard InChI is InChI=1S/C19H16O5S/c1-10-4-6-11(7-5-10)13-14(18(21)23-2)15(19(22)24-3)16(20)12-8-9-25-17(12)13/h4-9,20H,1-3H3. The lowest BCUT2D eigenvalue weighted by Crippen LogP contribution is -2.14. The van der Waals surface area contributed by atoms with E-state index in [9.17, 15) is 14.7 Å². The number of aryl methyl sites for hydroxylation is 1. The molecular weight excluding hydrogens is 340 g/mol. The molecule has 0 aliphatic carbocycles. The van der Waals surface area contributed by atoms with Crippen LogP contribution in [0.4, 0.5) is 0 Å². The van der Waals surface area contributed by atoms with Crippen molar-refractivity contribution in [2.75, 3.05) is 14.2 Å². The van der Waals surface area contributed by atoms with Gasteiger partial charge in [0.15, 0.2) is 0 Å². The van der Waals surface area contributed by atoms with E-state index in [0.29, 0.717) is 15.6 Å². The van der Waals surface area contributed by atoms with Crippen LogP contribution >= 0.6 is 11.3 Å². The molecule has 3 aromatic rings. The first-order chi connectivity index (χ1) is 12.0. The maximum Gasteiger partial charge on any atom is 0.342 e. The summed E-state index contributed by atoms with van der Waals surface area (Å²) in [5, 5.41) is 12.9. The van der Waals surface area contributed by atoms with Crippen molar-refractivity contribution in [3.63, 3.8) is 0 Å². The van der Waals surface area contributed by atoms with E-state index >= 15 is 0 Å². The van der Waals surface area contributed by atoms with Gasteiger partial charge in [-0.3, -0.25) is 0 Å². The molecular formula is C19H16O5S. The number of rotatable bonds is 3. The molecule has 1 aromatic heterocycles. The third-order valence-corrected chi connectivity index (χ3v) is 4.94. The van der Waals surface area contributed by atoms with Gasteiger partial charge in [-0.1, -0.05) is 29.8 Å². The van der Waals surface area contributed by atoms with E-state index in [2.05, 4.69) is 0 Å². The van der Waals surface area contributed by atoms with E-state index in [1.807, 2.05) is 31.2 Å². The Balaban J connectivity index is 2.50. The van der Waals surface area contributed by atoms with E-state index in [-0.39, 0.29) is 16.9 Å². The molecule has 0 unspecified atom stereocenters. The zero-order valence-electron chi connectivity index (χ0n) is 14.0. The van der Waals surface area contributed by atoms with Crippen molar-refractivity contribution >= 4 is 33.4 Å². The van der Waals surface area contributed by atoms with Crippen molar-refractivity contribution in [3.8, 4) is 16.9 Å². The molecule has 128 valence electrons. The van der Waals surface area contributed by atoms with Crippen molar-refractivity contribution in [2.24, 2.45) is 0 Å². The number of fused-ring (bicyclic) bond motifs is 1. The summed E-state index contributed by atoms with van der Waals surface area (Å²) < 4.78 is 10.4. The van der Waals surface area contributed by atoms with Gasteiger partial charge in [-0.25, -0.2) is 9.59 Å². The summed E-state index contributed by atoms with van der Waals surface area (Å²) in [5.41, 5.74) is 2.19. The average Bonchev–Trinajstić information content (AvgIpc) is 3.11. The Morgan fingerprint density at radius 2 is 1.56 bits per heavy atom. The fraction of sp³-hybridized carbons (Fsp3) is 0.158. The number of hydrogen-bond donors (Lipinski definition) is 1. The molecule has 0 radical (unpaired) electrons. The Kier molecular flexibility index (Phi) is 4.46. The number of aromatic hydroxyl groups is 1. The zero-order chi connectivity index (χ0) is 18.1. The summed E-state index contributed by atoms with van der Waals surface area (Å²) in [4.78, 5) is 24.8. The minimum absolute atomic E-state index is 0.00523. The van der Waals surface area contributed by atoms with Crippen molar-refractivity contribution < 1.29 is 24.2 Å². The van der Waals surface area contributed by atoms with Gasteiger partial charge in [0.1, 0.15) is 11.3 Å². The van der Waals surface area contributed by atoms with E-state index in [1.165, 1.54) is 25.6 Å². The van der Waals surface area contributed by atoms with Crippen LogP contribution in [0.15, 0.2) is 35.7 Å². The molecule has 0 atom stereocenters. The van der Waals surface area contributed by atoms with Crippen LogP contribution in [0.3, 0.4) is 0 Å². The average molecular weight is 356 g/mol. The maximum atomic E-state index is 12.5. The lowest BCUT2D eigenvalue weighted by molar-refractivity contribution is 0.0553. The molecule has 1 heterocycles. The Bertz CT molecular complexity index is 970. The van der Waals surface area contributed by atoms with Gasteiger partial charge in [-0.05, 0) is 23.9 Å². The van der Waals surface area contributed by atoms with Crippen molar-refractivity contribution in [2.45, 2.75) is 6.92 Å². The molecule has 3 rings (SSSR count). The largest absolute Gasteiger partial charge is 0.506 e. The number of phenolic OH excluding ortho intramolecular Hbond substituents is 1. The monoisotopic (exact) mass is 356 g/mol. The number of hydrogen-bond acceptors (Lipinski definition) is 6. The number of phenols is 1. The van der Waals surface area contributed by atoms with Crippen LogP contribution in [0.5, 0.6) is 5.75 Å². The first kappa shape index (κ1) is 17.0. The molecule has 6 heteroatoms. The van der Waals surface area contributed by atoms with Crippen LogP contribution in [-0.4, -0.2) is 31.3 Å². The number of ether oxygens (including phenoxy) is 2. The number of thiophene rings is 1. The van der Waals surface area contributed by atoms with Crippen molar-refractivity contribution in [3.05, 3.63) is 52.4 Å². The minimum Gasteiger partial charge on any atom is -0.506 e. The number of benzene rings is 2. The summed E-state index contributed by atoms with van der Waals surface area (Å²) in [7, 11) is 2.43. The van der Waals surface area contributed by atoms with Crippen LogP contribution in [0.2, 0.25) is 0 Å². The van der Waals surface area contributed by atoms with Gasteiger partial charge in [0.05, 0.1) is 19.8 Å². The van der Waals surface area contributed by atoms with E-state index in [4.69, 9.17) is 9.47 Å². The number of carbonyl (C=O) groups is 2. The van der Waals surface area contributed by atoms with Gasteiger partial charge in [-0.15, -0.1) is 11.3 Å². The molecule has 0 bridgehead atoms. The third-order valence-electron chi connectivity index (χ3n) is 4.00. The topological polar surface area (TPSA) is 72.8 Å². The van der Waals surface area contributed by atoms with Gasteiger partial charge < -0.3 is 14.6 Å². The first-order valence-electron chi connectivity index (χ1n) is 7.49. The quantitative estimate of drug-likeness (QED) is 0.714. The fourth-order valence-electron chi connectivity index (χ4n) is 2.78. The Hall–Kier alpha value is -2.86. The van der Waals surface area contributed by atoms with E-state index < -0.39 is 11.9 Å². The number of carbonyl (C=O) groups excluding carboxylic acids is 2. The molecule has 0 aliphatic heterocycles. The summed E-state index contributed by atoms with van der Waals surface area (Å²) in [6.45, 7) is 1.96.